The normalized spacial score (nSPS) is 17.4. The van der Waals surface area contributed by atoms with Crippen LogP contribution in [0.3, 0.4) is 0 Å². The van der Waals surface area contributed by atoms with Crippen LogP contribution in [0.25, 0.3) is 0 Å². The van der Waals surface area contributed by atoms with Crippen LogP contribution in [0, 0.1) is 18.6 Å². The fraction of sp³-hybridized carbons (Fsp3) is 0.294. The highest BCUT2D eigenvalue weighted by atomic mass is 19.1. The third kappa shape index (κ3) is 2.40. The van der Waals surface area contributed by atoms with E-state index >= 15 is 0 Å². The van der Waals surface area contributed by atoms with Crippen molar-refractivity contribution in [2.75, 3.05) is 13.7 Å². The average Bonchev–Trinajstić information content (AvgIpc) is 2.51. The van der Waals surface area contributed by atoms with E-state index in [-0.39, 0.29) is 5.56 Å². The summed E-state index contributed by atoms with van der Waals surface area (Å²) in [5.41, 5.74) is 2.53. The molecular formula is C17H17F2NO. The Balaban J connectivity index is 2.13. The van der Waals surface area contributed by atoms with E-state index in [0.717, 1.165) is 23.3 Å². The van der Waals surface area contributed by atoms with Crippen molar-refractivity contribution in [3.8, 4) is 5.75 Å². The van der Waals surface area contributed by atoms with Gasteiger partial charge in [-0.2, -0.15) is 0 Å². The van der Waals surface area contributed by atoms with Crippen LogP contribution >= 0.6 is 0 Å². The number of methoxy groups -OCH3 is 1. The van der Waals surface area contributed by atoms with Gasteiger partial charge in [0.2, 0.25) is 0 Å². The van der Waals surface area contributed by atoms with Crippen molar-refractivity contribution in [2.24, 2.45) is 0 Å². The van der Waals surface area contributed by atoms with Gasteiger partial charge >= 0.3 is 0 Å². The van der Waals surface area contributed by atoms with Crippen molar-refractivity contribution >= 4 is 0 Å². The van der Waals surface area contributed by atoms with Gasteiger partial charge in [0.25, 0.3) is 0 Å². The van der Waals surface area contributed by atoms with E-state index in [2.05, 4.69) is 5.32 Å². The summed E-state index contributed by atoms with van der Waals surface area (Å²) in [6.45, 7) is 2.33. The smallest absolute Gasteiger partial charge is 0.134 e. The van der Waals surface area contributed by atoms with Crippen LogP contribution in [0.2, 0.25) is 0 Å². The van der Waals surface area contributed by atoms with Gasteiger partial charge in [0.05, 0.1) is 13.2 Å². The maximum Gasteiger partial charge on any atom is 0.134 e. The lowest BCUT2D eigenvalue weighted by Crippen LogP contribution is -2.32. The molecule has 0 saturated carbocycles. The Hall–Kier alpha value is -1.94. The largest absolute Gasteiger partial charge is 0.497 e. The Kier molecular flexibility index (Phi) is 3.64. The molecule has 3 rings (SSSR count). The summed E-state index contributed by atoms with van der Waals surface area (Å²) < 4.78 is 33.8. The monoisotopic (exact) mass is 289 g/mol. The molecular weight excluding hydrogens is 272 g/mol. The van der Waals surface area contributed by atoms with Crippen LogP contribution in [0.1, 0.15) is 28.3 Å². The molecule has 0 spiro atoms. The van der Waals surface area contributed by atoms with Crippen molar-refractivity contribution < 1.29 is 13.5 Å². The van der Waals surface area contributed by atoms with Crippen molar-refractivity contribution in [1.29, 1.82) is 0 Å². The van der Waals surface area contributed by atoms with Crippen molar-refractivity contribution in [3.63, 3.8) is 0 Å². The average molecular weight is 289 g/mol. The van der Waals surface area contributed by atoms with Gasteiger partial charge in [0.1, 0.15) is 17.4 Å². The molecule has 0 saturated heterocycles. The molecule has 0 amide bonds. The predicted molar refractivity (Wildman–Crippen MR) is 77.6 cm³/mol. The molecule has 2 aromatic rings. The SMILES string of the molecule is COc1ccc2c(c1)CCNC2c1c(F)ccc(C)c1F. The fourth-order valence-electron chi connectivity index (χ4n) is 2.87. The Morgan fingerprint density at radius 1 is 1.19 bits per heavy atom. The molecule has 21 heavy (non-hydrogen) atoms. The minimum Gasteiger partial charge on any atom is -0.497 e. The molecule has 110 valence electrons. The number of hydrogen-bond acceptors (Lipinski definition) is 2. The lowest BCUT2D eigenvalue weighted by Gasteiger charge is -2.28. The number of nitrogens with one attached hydrogen (secondary N) is 1. The van der Waals surface area contributed by atoms with E-state index in [9.17, 15) is 8.78 Å². The molecule has 1 aliphatic rings. The van der Waals surface area contributed by atoms with Crippen LogP contribution in [-0.4, -0.2) is 13.7 Å². The number of halogens is 2. The summed E-state index contributed by atoms with van der Waals surface area (Å²) >= 11 is 0. The van der Waals surface area contributed by atoms with E-state index in [4.69, 9.17) is 4.74 Å². The number of ether oxygens (including phenoxy) is 1. The molecule has 0 fully saturated rings. The van der Waals surface area contributed by atoms with Gasteiger partial charge in [-0.25, -0.2) is 8.78 Å². The fourth-order valence-corrected chi connectivity index (χ4v) is 2.87. The molecule has 4 heteroatoms. The second-order valence-electron chi connectivity index (χ2n) is 5.29. The zero-order valence-corrected chi connectivity index (χ0v) is 12.0. The Morgan fingerprint density at radius 3 is 2.76 bits per heavy atom. The highest BCUT2D eigenvalue weighted by Crippen LogP contribution is 2.34. The first-order valence-corrected chi connectivity index (χ1v) is 6.96. The number of fused-ring (bicyclic) bond motifs is 1. The summed E-state index contributed by atoms with van der Waals surface area (Å²) in [6, 6.07) is 7.98. The zero-order chi connectivity index (χ0) is 15.0. The maximum atomic E-state index is 14.4. The van der Waals surface area contributed by atoms with E-state index in [0.29, 0.717) is 12.1 Å². The number of rotatable bonds is 2. The molecule has 1 heterocycles. The molecule has 2 aromatic carbocycles. The highest BCUT2D eigenvalue weighted by molar-refractivity contribution is 5.45. The van der Waals surface area contributed by atoms with Crippen LogP contribution in [0.5, 0.6) is 5.75 Å². The first-order chi connectivity index (χ1) is 10.1. The van der Waals surface area contributed by atoms with Gasteiger partial charge in [-0.15, -0.1) is 0 Å². The summed E-state index contributed by atoms with van der Waals surface area (Å²) in [5, 5.41) is 3.22. The van der Waals surface area contributed by atoms with Gasteiger partial charge in [-0.1, -0.05) is 12.1 Å². The molecule has 1 atom stereocenters. The van der Waals surface area contributed by atoms with Gasteiger partial charge in [0.15, 0.2) is 0 Å². The zero-order valence-electron chi connectivity index (χ0n) is 12.0. The van der Waals surface area contributed by atoms with Crippen molar-refractivity contribution in [1.82, 2.24) is 5.32 Å². The Morgan fingerprint density at radius 2 is 2.00 bits per heavy atom. The van der Waals surface area contributed by atoms with Crippen LogP contribution < -0.4 is 10.1 Å². The predicted octanol–water partition coefficient (Wildman–Crippen LogP) is 3.52. The molecule has 0 bridgehead atoms. The minimum absolute atomic E-state index is 0.0983. The van der Waals surface area contributed by atoms with Gasteiger partial charge in [-0.05, 0) is 48.2 Å². The number of benzene rings is 2. The topological polar surface area (TPSA) is 21.3 Å². The Bertz CT molecular complexity index is 685. The summed E-state index contributed by atoms with van der Waals surface area (Å²) in [6.07, 6.45) is 0.818. The first-order valence-electron chi connectivity index (χ1n) is 6.96. The molecule has 1 N–H and O–H groups in total. The van der Waals surface area contributed by atoms with Crippen LogP contribution in [0.15, 0.2) is 30.3 Å². The molecule has 0 radical (unpaired) electrons. The second kappa shape index (κ2) is 5.45. The summed E-state index contributed by atoms with van der Waals surface area (Å²) in [4.78, 5) is 0. The second-order valence-corrected chi connectivity index (χ2v) is 5.29. The maximum absolute atomic E-state index is 14.4. The lowest BCUT2D eigenvalue weighted by molar-refractivity contribution is 0.412. The molecule has 2 nitrogen and oxygen atoms in total. The molecule has 0 aromatic heterocycles. The summed E-state index contributed by atoms with van der Waals surface area (Å²) in [5.74, 6) is -0.227. The van der Waals surface area contributed by atoms with Gasteiger partial charge in [-0.3, -0.25) is 0 Å². The third-order valence-corrected chi connectivity index (χ3v) is 4.01. The van der Waals surface area contributed by atoms with Gasteiger partial charge < -0.3 is 10.1 Å². The third-order valence-electron chi connectivity index (χ3n) is 4.01. The minimum atomic E-state index is -0.515. The quantitative estimate of drug-likeness (QED) is 0.913. The number of aryl methyl sites for hydroxylation is 1. The van der Waals surface area contributed by atoms with Crippen molar-refractivity contribution in [2.45, 2.75) is 19.4 Å². The van der Waals surface area contributed by atoms with E-state index < -0.39 is 17.7 Å². The highest BCUT2D eigenvalue weighted by Gasteiger charge is 2.27. The van der Waals surface area contributed by atoms with Crippen LogP contribution in [-0.2, 0) is 6.42 Å². The van der Waals surface area contributed by atoms with E-state index in [1.54, 1.807) is 14.0 Å². The van der Waals surface area contributed by atoms with Crippen LogP contribution in [0.4, 0.5) is 8.78 Å². The number of hydrogen-bond donors (Lipinski definition) is 1. The first kappa shape index (κ1) is 14.0. The molecule has 0 aliphatic carbocycles. The van der Waals surface area contributed by atoms with Gasteiger partial charge in [0, 0.05) is 12.1 Å². The summed E-state index contributed by atoms with van der Waals surface area (Å²) in [7, 11) is 1.61. The van der Waals surface area contributed by atoms with E-state index in [1.807, 2.05) is 18.2 Å². The molecule has 1 unspecified atom stereocenters. The van der Waals surface area contributed by atoms with Crippen molar-refractivity contribution in [3.05, 3.63) is 64.2 Å². The Labute approximate surface area is 122 Å². The lowest BCUT2D eigenvalue weighted by atomic mass is 9.88. The van der Waals surface area contributed by atoms with E-state index in [1.165, 1.54) is 12.1 Å². The molecule has 1 aliphatic heterocycles. The standard InChI is InChI=1S/C17H17F2NO/c1-10-3-6-14(18)15(16(10)19)17-13-5-4-12(21-2)9-11(13)7-8-20-17/h3-6,9,17,20H,7-8H2,1-2H3.